The molecule has 0 saturated heterocycles. The first kappa shape index (κ1) is 61.8. The number of esters is 3. The van der Waals surface area contributed by atoms with Crippen LogP contribution in [-0.2, 0) is 28.6 Å². The first-order chi connectivity index (χ1) is 32.5. The summed E-state index contributed by atoms with van der Waals surface area (Å²) < 4.78 is 16.8. The number of hydrogen-bond acceptors (Lipinski definition) is 6. The molecule has 0 aliphatic carbocycles. The van der Waals surface area contributed by atoms with Gasteiger partial charge in [-0.3, -0.25) is 14.4 Å². The number of unbranched alkanes of at least 4 members (excludes halogenated alkanes) is 20. The summed E-state index contributed by atoms with van der Waals surface area (Å²) in [7, 11) is 0. The van der Waals surface area contributed by atoms with Crippen LogP contribution in [-0.4, -0.2) is 37.2 Å². The lowest BCUT2D eigenvalue weighted by molar-refractivity contribution is -0.167. The second-order valence-corrected chi connectivity index (χ2v) is 17.2. The van der Waals surface area contributed by atoms with Crippen molar-refractivity contribution in [2.24, 2.45) is 0 Å². The molecule has 0 aromatic rings. The fraction of sp³-hybridized carbons (Fsp3) is 0.617. The van der Waals surface area contributed by atoms with Crippen molar-refractivity contribution in [3.05, 3.63) is 122 Å². The van der Waals surface area contributed by atoms with Crippen molar-refractivity contribution in [1.82, 2.24) is 0 Å². The topological polar surface area (TPSA) is 78.9 Å². The van der Waals surface area contributed by atoms with Gasteiger partial charge >= 0.3 is 17.9 Å². The summed E-state index contributed by atoms with van der Waals surface area (Å²) in [6.07, 6.45) is 73.2. The highest BCUT2D eigenvalue weighted by Crippen LogP contribution is 2.14. The van der Waals surface area contributed by atoms with Crippen LogP contribution in [0, 0.1) is 0 Å². The van der Waals surface area contributed by atoms with Gasteiger partial charge in [-0.25, -0.2) is 0 Å². The van der Waals surface area contributed by atoms with Gasteiger partial charge in [0.05, 0.1) is 0 Å². The Kier molecular flexibility index (Phi) is 50.0. The second-order valence-electron chi connectivity index (χ2n) is 17.2. The van der Waals surface area contributed by atoms with Crippen LogP contribution in [0.1, 0.15) is 220 Å². The van der Waals surface area contributed by atoms with Gasteiger partial charge in [0.15, 0.2) is 6.10 Å². The summed E-state index contributed by atoms with van der Waals surface area (Å²) in [5.74, 6) is -0.982. The molecule has 0 heterocycles. The Morgan fingerprint density at radius 2 is 0.667 bits per heavy atom. The molecule has 0 aliphatic heterocycles. The Morgan fingerprint density at radius 1 is 0.333 bits per heavy atom. The van der Waals surface area contributed by atoms with Gasteiger partial charge in [0.1, 0.15) is 13.2 Å². The zero-order valence-electron chi connectivity index (χ0n) is 42.4. The minimum absolute atomic E-state index is 0.108. The molecular formula is C60H96O6. The van der Waals surface area contributed by atoms with Gasteiger partial charge in [0, 0.05) is 19.3 Å². The molecule has 0 radical (unpaired) electrons. The van der Waals surface area contributed by atoms with E-state index in [0.717, 1.165) is 96.3 Å². The van der Waals surface area contributed by atoms with E-state index in [-0.39, 0.29) is 37.5 Å². The van der Waals surface area contributed by atoms with Gasteiger partial charge in [-0.2, -0.15) is 0 Å². The normalized spacial score (nSPS) is 13.1. The molecule has 6 nitrogen and oxygen atoms in total. The number of ether oxygens (including phenoxy) is 3. The van der Waals surface area contributed by atoms with Crippen LogP contribution < -0.4 is 0 Å². The quantitative estimate of drug-likeness (QED) is 0.0199. The van der Waals surface area contributed by atoms with Gasteiger partial charge in [-0.05, 0) is 96.3 Å². The Balaban J connectivity index is 4.49. The minimum Gasteiger partial charge on any atom is -0.462 e. The second kappa shape index (κ2) is 53.4. The lowest BCUT2D eigenvalue weighted by Gasteiger charge is -2.18. The lowest BCUT2D eigenvalue weighted by atomic mass is 10.1. The van der Waals surface area contributed by atoms with Crippen LogP contribution in [0.25, 0.3) is 0 Å². The highest BCUT2D eigenvalue weighted by Gasteiger charge is 2.19. The van der Waals surface area contributed by atoms with Crippen molar-refractivity contribution in [3.63, 3.8) is 0 Å². The number of carbonyl (C=O) groups is 3. The third kappa shape index (κ3) is 50.8. The third-order valence-corrected chi connectivity index (χ3v) is 10.8. The zero-order valence-corrected chi connectivity index (χ0v) is 42.4. The van der Waals surface area contributed by atoms with E-state index in [1.165, 1.54) is 77.0 Å². The average molecular weight is 913 g/mol. The fourth-order valence-electron chi connectivity index (χ4n) is 6.88. The molecule has 0 aromatic carbocycles. The summed E-state index contributed by atoms with van der Waals surface area (Å²) in [6.45, 7) is 6.28. The van der Waals surface area contributed by atoms with Gasteiger partial charge in [-0.15, -0.1) is 0 Å². The maximum absolute atomic E-state index is 12.8. The van der Waals surface area contributed by atoms with E-state index >= 15 is 0 Å². The Bertz CT molecular complexity index is 1420. The summed E-state index contributed by atoms with van der Waals surface area (Å²) >= 11 is 0. The largest absolute Gasteiger partial charge is 0.462 e. The highest BCUT2D eigenvalue weighted by atomic mass is 16.6. The van der Waals surface area contributed by atoms with Crippen molar-refractivity contribution in [2.75, 3.05) is 13.2 Å². The summed E-state index contributed by atoms with van der Waals surface area (Å²) in [6, 6.07) is 0. The zero-order chi connectivity index (χ0) is 47.9. The Morgan fingerprint density at radius 3 is 1.14 bits per heavy atom. The number of carbonyl (C=O) groups excluding carboxylic acids is 3. The first-order valence-corrected chi connectivity index (χ1v) is 26.6. The van der Waals surface area contributed by atoms with Crippen molar-refractivity contribution >= 4 is 17.9 Å². The molecule has 0 amide bonds. The monoisotopic (exact) mass is 913 g/mol. The maximum Gasteiger partial charge on any atom is 0.306 e. The van der Waals surface area contributed by atoms with E-state index in [0.29, 0.717) is 19.3 Å². The van der Waals surface area contributed by atoms with Gasteiger partial charge in [0.25, 0.3) is 0 Å². The molecule has 0 N–H and O–H groups in total. The Hall–Kier alpha value is -4.19. The molecule has 1 atom stereocenters. The molecule has 0 spiro atoms. The molecule has 372 valence electrons. The molecule has 0 rings (SSSR count). The van der Waals surface area contributed by atoms with E-state index in [1.807, 2.05) is 48.6 Å². The molecule has 66 heavy (non-hydrogen) atoms. The van der Waals surface area contributed by atoms with Crippen molar-refractivity contribution < 1.29 is 28.6 Å². The standard InChI is InChI=1S/C60H96O6/c1-4-7-10-13-16-19-22-25-28-29-30-31-33-35-38-41-44-47-50-53-59(62)65-56-57(55-64-58(61)52-49-46-43-40-37-34-27-24-21-18-15-12-9-6-3)66-60(63)54-51-48-45-42-39-36-32-26-23-20-17-14-11-8-5-2/h8-9,11-12,14,16-23,25-27,32,34,36,39,57H,4-7,10,13,15,24,28-31,33,35,37-38,40-56H2,1-3H3/b11-8-,12-9-,17-14-,19-16-,21-18-,23-20-,25-22-,32-26-,34-27-,39-36-. The van der Waals surface area contributed by atoms with E-state index in [9.17, 15) is 14.4 Å². The summed E-state index contributed by atoms with van der Waals surface area (Å²) in [5, 5.41) is 0. The van der Waals surface area contributed by atoms with Crippen LogP contribution in [0.5, 0.6) is 0 Å². The first-order valence-electron chi connectivity index (χ1n) is 26.6. The molecule has 1 unspecified atom stereocenters. The molecule has 0 bridgehead atoms. The molecule has 0 aliphatic rings. The molecular weight excluding hydrogens is 817 g/mol. The van der Waals surface area contributed by atoms with Crippen LogP contribution in [0.3, 0.4) is 0 Å². The minimum atomic E-state index is -0.814. The van der Waals surface area contributed by atoms with E-state index in [4.69, 9.17) is 14.2 Å². The molecule has 0 saturated carbocycles. The fourth-order valence-corrected chi connectivity index (χ4v) is 6.88. The summed E-state index contributed by atoms with van der Waals surface area (Å²) in [5.41, 5.74) is 0. The van der Waals surface area contributed by atoms with Crippen molar-refractivity contribution in [3.8, 4) is 0 Å². The number of allylic oxidation sites excluding steroid dienone is 20. The average Bonchev–Trinajstić information content (AvgIpc) is 3.31. The Labute approximate surface area is 405 Å². The maximum atomic E-state index is 12.8. The van der Waals surface area contributed by atoms with Crippen molar-refractivity contribution in [2.45, 2.75) is 226 Å². The predicted molar refractivity (Wildman–Crippen MR) is 283 cm³/mol. The predicted octanol–water partition coefficient (Wildman–Crippen LogP) is 17.7. The summed E-state index contributed by atoms with van der Waals surface area (Å²) in [4.78, 5) is 38.0. The number of hydrogen-bond donors (Lipinski definition) is 0. The lowest BCUT2D eigenvalue weighted by Crippen LogP contribution is -2.30. The molecule has 6 heteroatoms. The van der Waals surface area contributed by atoms with Gasteiger partial charge < -0.3 is 14.2 Å². The van der Waals surface area contributed by atoms with E-state index < -0.39 is 6.10 Å². The van der Waals surface area contributed by atoms with Crippen LogP contribution in [0.2, 0.25) is 0 Å². The van der Waals surface area contributed by atoms with E-state index in [2.05, 4.69) is 93.7 Å². The van der Waals surface area contributed by atoms with Gasteiger partial charge in [-0.1, -0.05) is 226 Å². The smallest absolute Gasteiger partial charge is 0.306 e. The van der Waals surface area contributed by atoms with Crippen LogP contribution in [0.4, 0.5) is 0 Å². The third-order valence-electron chi connectivity index (χ3n) is 10.8. The van der Waals surface area contributed by atoms with Crippen LogP contribution >= 0.6 is 0 Å². The van der Waals surface area contributed by atoms with E-state index in [1.54, 1.807) is 0 Å². The molecule has 0 aromatic heterocycles. The van der Waals surface area contributed by atoms with Crippen LogP contribution in [0.15, 0.2) is 122 Å². The number of rotatable bonds is 46. The molecule has 0 fully saturated rings. The van der Waals surface area contributed by atoms with Gasteiger partial charge in [0.2, 0.25) is 0 Å². The SMILES string of the molecule is CC\C=C/C=C\C=C/C=C\C=C/CCCCCC(=O)OC(COC(=O)CCCCCC/C=C\C/C=C\C/C=C\CC)COC(=O)CCCCCCCCCCCC/C=C\C=C/CCCCC. The van der Waals surface area contributed by atoms with Crippen molar-refractivity contribution in [1.29, 1.82) is 0 Å². The highest BCUT2D eigenvalue weighted by molar-refractivity contribution is 5.71.